The molecule has 0 heterocycles. The van der Waals surface area contributed by atoms with E-state index in [2.05, 4.69) is 0 Å². The molecule has 0 saturated heterocycles. The van der Waals surface area contributed by atoms with Crippen molar-refractivity contribution in [1.29, 1.82) is 0 Å². The van der Waals surface area contributed by atoms with Gasteiger partial charge in [0.05, 0.1) is 0 Å². The first kappa shape index (κ1) is 10.1. The zero-order valence-electron chi connectivity index (χ0n) is 7.78. The molecule has 0 aliphatic rings. The van der Waals surface area contributed by atoms with Crippen LogP contribution in [0.2, 0.25) is 0 Å². The summed E-state index contributed by atoms with van der Waals surface area (Å²) < 4.78 is 0. The number of rotatable bonds is 3. The Balaban J connectivity index is 2.62. The van der Waals surface area contributed by atoms with Crippen molar-refractivity contribution in [2.75, 3.05) is 0 Å². The number of carbonyl (C=O) groups excluding carboxylic acids is 1. The maximum absolute atomic E-state index is 10.9. The maximum Gasteiger partial charge on any atom is 0.156 e. The molecule has 1 nitrogen and oxygen atoms in total. The summed E-state index contributed by atoms with van der Waals surface area (Å²) in [5.74, 6) is 0.128. The van der Waals surface area contributed by atoms with Crippen LogP contribution < -0.4 is 0 Å². The summed E-state index contributed by atoms with van der Waals surface area (Å²) in [4.78, 5) is 12.0. The Bertz CT molecular complexity index is 314. The molecule has 0 radical (unpaired) electrons. The summed E-state index contributed by atoms with van der Waals surface area (Å²) in [7, 11) is 0. The molecule has 1 aromatic carbocycles. The molecule has 0 amide bonds. The van der Waals surface area contributed by atoms with E-state index < -0.39 is 0 Å². The molecule has 0 bridgehead atoms. The largest absolute Gasteiger partial charge is 0.295 e. The molecule has 0 aromatic heterocycles. The molecule has 0 saturated carbocycles. The molecule has 13 heavy (non-hydrogen) atoms. The highest BCUT2D eigenvalue weighted by Gasteiger charge is 1.95. The second kappa shape index (κ2) is 4.87. The lowest BCUT2D eigenvalue weighted by atomic mass is 10.2. The van der Waals surface area contributed by atoms with Crippen LogP contribution >= 0.6 is 11.8 Å². The average Bonchev–Trinajstić information content (AvgIpc) is 2.15. The standard InChI is InChI=1S/C11H12OS/c1-9(10(2)12)8-13-11-6-4-3-5-7-11/h3-8H,1-2H3/b9-8+. The lowest BCUT2D eigenvalue weighted by Gasteiger charge is -1.96. The van der Waals surface area contributed by atoms with E-state index in [-0.39, 0.29) is 5.78 Å². The molecule has 2 heteroatoms. The van der Waals surface area contributed by atoms with E-state index in [1.807, 2.05) is 42.7 Å². The van der Waals surface area contributed by atoms with Gasteiger partial charge in [0, 0.05) is 4.90 Å². The number of ketones is 1. The monoisotopic (exact) mass is 192 g/mol. The summed E-state index contributed by atoms with van der Waals surface area (Å²) in [6, 6.07) is 9.99. The minimum atomic E-state index is 0.128. The van der Waals surface area contributed by atoms with Crippen molar-refractivity contribution in [1.82, 2.24) is 0 Å². The van der Waals surface area contributed by atoms with Gasteiger partial charge >= 0.3 is 0 Å². The number of thioether (sulfide) groups is 1. The predicted molar refractivity (Wildman–Crippen MR) is 56.7 cm³/mol. The highest BCUT2D eigenvalue weighted by Crippen LogP contribution is 2.19. The van der Waals surface area contributed by atoms with E-state index in [1.165, 1.54) is 0 Å². The number of benzene rings is 1. The second-order valence-electron chi connectivity index (χ2n) is 2.79. The molecule has 0 atom stereocenters. The molecule has 0 aliphatic heterocycles. The van der Waals surface area contributed by atoms with Crippen LogP contribution in [0.3, 0.4) is 0 Å². The predicted octanol–water partition coefficient (Wildman–Crippen LogP) is 3.27. The Morgan fingerprint density at radius 2 is 1.85 bits per heavy atom. The topological polar surface area (TPSA) is 17.1 Å². The zero-order chi connectivity index (χ0) is 9.68. The smallest absolute Gasteiger partial charge is 0.156 e. The molecule has 0 fully saturated rings. The van der Waals surface area contributed by atoms with Gasteiger partial charge in [-0.05, 0) is 37.0 Å². The van der Waals surface area contributed by atoms with Crippen LogP contribution in [-0.2, 0) is 4.79 Å². The van der Waals surface area contributed by atoms with Crippen molar-refractivity contribution >= 4 is 17.5 Å². The zero-order valence-corrected chi connectivity index (χ0v) is 8.60. The molecule has 0 unspecified atom stereocenters. The lowest BCUT2D eigenvalue weighted by Crippen LogP contribution is -1.89. The third kappa shape index (κ3) is 3.47. The summed E-state index contributed by atoms with van der Waals surface area (Å²) in [5, 5.41) is 1.89. The Morgan fingerprint density at radius 1 is 1.23 bits per heavy atom. The Morgan fingerprint density at radius 3 is 2.38 bits per heavy atom. The summed E-state index contributed by atoms with van der Waals surface area (Å²) in [6.07, 6.45) is 0. The SMILES string of the molecule is CC(=O)/C(C)=C/Sc1ccccc1. The van der Waals surface area contributed by atoms with Gasteiger partial charge in [-0.1, -0.05) is 30.0 Å². The number of hydrogen-bond donors (Lipinski definition) is 0. The summed E-state index contributed by atoms with van der Waals surface area (Å²) in [5.41, 5.74) is 0.800. The Labute approximate surface area is 82.9 Å². The van der Waals surface area contributed by atoms with Crippen molar-refractivity contribution in [3.8, 4) is 0 Å². The van der Waals surface area contributed by atoms with Gasteiger partial charge in [-0.25, -0.2) is 0 Å². The van der Waals surface area contributed by atoms with Gasteiger partial charge in [0.25, 0.3) is 0 Å². The second-order valence-corrected chi connectivity index (χ2v) is 3.73. The van der Waals surface area contributed by atoms with Crippen molar-refractivity contribution in [2.24, 2.45) is 0 Å². The number of carbonyl (C=O) groups is 1. The third-order valence-electron chi connectivity index (χ3n) is 1.67. The normalized spacial score (nSPS) is 11.4. The molecule has 0 N–H and O–H groups in total. The maximum atomic E-state index is 10.9. The lowest BCUT2D eigenvalue weighted by molar-refractivity contribution is -0.113. The number of allylic oxidation sites excluding steroid dienone is 1. The first-order valence-electron chi connectivity index (χ1n) is 4.09. The van der Waals surface area contributed by atoms with Gasteiger partial charge in [0.1, 0.15) is 0 Å². The van der Waals surface area contributed by atoms with Crippen LogP contribution in [0.5, 0.6) is 0 Å². The van der Waals surface area contributed by atoms with Crippen molar-refractivity contribution in [2.45, 2.75) is 18.7 Å². The van der Waals surface area contributed by atoms with Gasteiger partial charge in [0.15, 0.2) is 5.78 Å². The number of hydrogen-bond acceptors (Lipinski definition) is 2. The fourth-order valence-electron chi connectivity index (χ4n) is 0.738. The quantitative estimate of drug-likeness (QED) is 0.540. The fraction of sp³-hybridized carbons (Fsp3) is 0.182. The van der Waals surface area contributed by atoms with Gasteiger partial charge in [-0.3, -0.25) is 4.79 Å². The molecule has 1 aromatic rings. The Kier molecular flexibility index (Phi) is 3.77. The van der Waals surface area contributed by atoms with Crippen LogP contribution in [0.25, 0.3) is 0 Å². The summed E-state index contributed by atoms with van der Waals surface area (Å²) >= 11 is 1.57. The van der Waals surface area contributed by atoms with Crippen LogP contribution in [-0.4, -0.2) is 5.78 Å². The van der Waals surface area contributed by atoms with Gasteiger partial charge in [-0.15, -0.1) is 0 Å². The van der Waals surface area contributed by atoms with E-state index in [4.69, 9.17) is 0 Å². The fourth-order valence-corrected chi connectivity index (χ4v) is 1.53. The first-order chi connectivity index (χ1) is 6.20. The minimum absolute atomic E-state index is 0.128. The van der Waals surface area contributed by atoms with Crippen molar-refractivity contribution in [3.05, 3.63) is 41.3 Å². The van der Waals surface area contributed by atoms with Crippen LogP contribution in [0.1, 0.15) is 13.8 Å². The minimum Gasteiger partial charge on any atom is -0.295 e. The van der Waals surface area contributed by atoms with Gasteiger partial charge < -0.3 is 0 Å². The van der Waals surface area contributed by atoms with E-state index in [0.29, 0.717) is 0 Å². The summed E-state index contributed by atoms with van der Waals surface area (Å²) in [6.45, 7) is 3.41. The van der Waals surface area contributed by atoms with Crippen molar-refractivity contribution in [3.63, 3.8) is 0 Å². The van der Waals surface area contributed by atoms with Crippen LogP contribution in [0.4, 0.5) is 0 Å². The third-order valence-corrected chi connectivity index (χ3v) is 2.69. The van der Waals surface area contributed by atoms with Crippen LogP contribution in [0.15, 0.2) is 46.2 Å². The van der Waals surface area contributed by atoms with Crippen LogP contribution in [0, 0.1) is 0 Å². The first-order valence-corrected chi connectivity index (χ1v) is 4.97. The molecule has 1 rings (SSSR count). The van der Waals surface area contributed by atoms with E-state index >= 15 is 0 Å². The molecular weight excluding hydrogens is 180 g/mol. The van der Waals surface area contributed by atoms with Gasteiger partial charge in [-0.2, -0.15) is 0 Å². The Hall–Kier alpha value is -1.02. The van der Waals surface area contributed by atoms with E-state index in [9.17, 15) is 4.79 Å². The van der Waals surface area contributed by atoms with E-state index in [0.717, 1.165) is 10.5 Å². The van der Waals surface area contributed by atoms with E-state index in [1.54, 1.807) is 18.7 Å². The average molecular weight is 192 g/mol. The molecular formula is C11H12OS. The number of Topliss-reactive ketones (excluding diaryl/α,β-unsaturated/α-hetero) is 1. The molecule has 0 spiro atoms. The molecule has 0 aliphatic carbocycles. The van der Waals surface area contributed by atoms with Crippen molar-refractivity contribution < 1.29 is 4.79 Å². The highest BCUT2D eigenvalue weighted by atomic mass is 32.2. The highest BCUT2D eigenvalue weighted by molar-refractivity contribution is 8.02. The van der Waals surface area contributed by atoms with Gasteiger partial charge in [0.2, 0.25) is 0 Å². The molecule has 68 valence electrons.